The van der Waals surface area contributed by atoms with Crippen molar-refractivity contribution in [2.45, 2.75) is 6.92 Å². The van der Waals surface area contributed by atoms with Crippen LogP contribution in [-0.2, 0) is 15.5 Å². The molecule has 0 radical (unpaired) electrons. The van der Waals surface area contributed by atoms with E-state index in [1.165, 1.54) is 12.1 Å². The van der Waals surface area contributed by atoms with E-state index in [2.05, 4.69) is 4.18 Å². The molecule has 1 aromatic rings. The highest BCUT2D eigenvalue weighted by Crippen LogP contribution is 2.34. The van der Waals surface area contributed by atoms with Crippen molar-refractivity contribution in [3.8, 4) is 11.5 Å². The molecule has 0 fully saturated rings. The van der Waals surface area contributed by atoms with Gasteiger partial charge in [-0.25, -0.2) is 0 Å². The summed E-state index contributed by atoms with van der Waals surface area (Å²) < 4.78 is 20.4. The molecule has 1 unspecified atom stereocenters. The zero-order valence-electron chi connectivity index (χ0n) is 7.40. The lowest BCUT2D eigenvalue weighted by Gasteiger charge is -2.06. The fourth-order valence-corrected chi connectivity index (χ4v) is 1.57. The third kappa shape index (κ3) is 2.87. The second-order valence-electron chi connectivity index (χ2n) is 2.28. The van der Waals surface area contributed by atoms with Gasteiger partial charge in [0.05, 0.1) is 11.6 Å². The van der Waals surface area contributed by atoms with E-state index >= 15 is 0 Å². The molecular weight excluding hydrogens is 228 g/mol. The van der Waals surface area contributed by atoms with E-state index < -0.39 is 11.4 Å². The maximum Gasteiger partial charge on any atom is 0.360 e. The van der Waals surface area contributed by atoms with Gasteiger partial charge in [0.25, 0.3) is 0 Å². The molecule has 0 spiro atoms. The van der Waals surface area contributed by atoms with Gasteiger partial charge >= 0.3 is 11.4 Å². The van der Waals surface area contributed by atoms with Crippen LogP contribution in [0.15, 0.2) is 18.2 Å². The third-order valence-electron chi connectivity index (χ3n) is 1.31. The van der Waals surface area contributed by atoms with Gasteiger partial charge in [0, 0.05) is 0 Å². The summed E-state index contributed by atoms with van der Waals surface area (Å²) in [5, 5.41) is 9.49. The standard InChI is InChI=1S/C8H9ClO4S/c1-2-12-14(11)13-8-6(9)4-3-5-7(8)10/h3-5,10H,2H2,1H3. The van der Waals surface area contributed by atoms with Crippen LogP contribution in [0.2, 0.25) is 5.02 Å². The molecular formula is C8H9ClO4S. The van der Waals surface area contributed by atoms with Crippen LogP contribution in [0, 0.1) is 0 Å². The molecule has 0 saturated carbocycles. The summed E-state index contributed by atoms with van der Waals surface area (Å²) in [6.45, 7) is 1.92. The summed E-state index contributed by atoms with van der Waals surface area (Å²) in [4.78, 5) is 0. The molecule has 0 amide bonds. The van der Waals surface area contributed by atoms with Crippen molar-refractivity contribution < 1.29 is 17.7 Å². The van der Waals surface area contributed by atoms with E-state index in [4.69, 9.17) is 15.8 Å². The number of hydrogen-bond acceptors (Lipinski definition) is 4. The molecule has 0 saturated heterocycles. The van der Waals surface area contributed by atoms with Crippen molar-refractivity contribution in [3.63, 3.8) is 0 Å². The number of aromatic hydroxyl groups is 1. The maximum absolute atomic E-state index is 11.0. The molecule has 78 valence electrons. The Morgan fingerprint density at radius 2 is 2.29 bits per heavy atom. The van der Waals surface area contributed by atoms with Gasteiger partial charge < -0.3 is 9.29 Å². The second-order valence-corrected chi connectivity index (χ2v) is 3.50. The fourth-order valence-electron chi connectivity index (χ4n) is 0.768. The van der Waals surface area contributed by atoms with Crippen LogP contribution in [-0.4, -0.2) is 15.9 Å². The molecule has 0 aliphatic rings. The van der Waals surface area contributed by atoms with Crippen LogP contribution in [0.1, 0.15) is 6.92 Å². The number of hydrogen-bond donors (Lipinski definition) is 1. The Hall–Kier alpha value is -0.780. The third-order valence-corrected chi connectivity index (χ3v) is 2.34. The average molecular weight is 237 g/mol. The summed E-state index contributed by atoms with van der Waals surface area (Å²) >= 11 is 3.76. The number of phenols is 1. The Morgan fingerprint density at radius 1 is 1.57 bits per heavy atom. The monoisotopic (exact) mass is 236 g/mol. The van der Waals surface area contributed by atoms with Crippen LogP contribution in [0.3, 0.4) is 0 Å². The first-order valence-corrected chi connectivity index (χ1v) is 5.23. The van der Waals surface area contributed by atoms with Gasteiger partial charge in [-0.15, -0.1) is 0 Å². The first kappa shape index (κ1) is 11.3. The van der Waals surface area contributed by atoms with E-state index in [0.717, 1.165) is 0 Å². The molecule has 0 aliphatic heterocycles. The quantitative estimate of drug-likeness (QED) is 0.869. The van der Waals surface area contributed by atoms with Gasteiger partial charge in [-0.1, -0.05) is 17.7 Å². The Labute approximate surface area is 89.3 Å². The highest BCUT2D eigenvalue weighted by atomic mass is 35.5. The van der Waals surface area contributed by atoms with E-state index in [1.54, 1.807) is 13.0 Å². The zero-order chi connectivity index (χ0) is 10.6. The smallest absolute Gasteiger partial charge is 0.360 e. The maximum atomic E-state index is 11.0. The lowest BCUT2D eigenvalue weighted by atomic mass is 10.3. The summed E-state index contributed by atoms with van der Waals surface area (Å²) in [5.41, 5.74) is 0. The van der Waals surface area contributed by atoms with Crippen molar-refractivity contribution in [1.29, 1.82) is 0 Å². The lowest BCUT2D eigenvalue weighted by Crippen LogP contribution is -2.04. The van der Waals surface area contributed by atoms with Gasteiger partial charge in [-0.05, 0) is 19.1 Å². The minimum Gasteiger partial charge on any atom is -0.504 e. The van der Waals surface area contributed by atoms with Crippen molar-refractivity contribution in [2.75, 3.05) is 6.61 Å². The molecule has 0 bridgehead atoms. The number of phenolic OH excluding ortho intramolecular Hbond substituents is 1. The van der Waals surface area contributed by atoms with Crippen LogP contribution in [0.4, 0.5) is 0 Å². The predicted octanol–water partition coefficient (Wildman–Crippen LogP) is 2.04. The van der Waals surface area contributed by atoms with Crippen LogP contribution < -0.4 is 4.18 Å². The average Bonchev–Trinajstić information content (AvgIpc) is 2.12. The molecule has 0 aromatic heterocycles. The minimum atomic E-state index is -1.94. The number of para-hydroxylation sites is 1. The molecule has 0 heterocycles. The molecule has 0 aliphatic carbocycles. The lowest BCUT2D eigenvalue weighted by molar-refractivity contribution is 0.324. The van der Waals surface area contributed by atoms with Gasteiger partial charge in [-0.2, -0.15) is 4.21 Å². The van der Waals surface area contributed by atoms with Crippen LogP contribution in [0.25, 0.3) is 0 Å². The van der Waals surface area contributed by atoms with Gasteiger partial charge in [-0.3, -0.25) is 4.18 Å². The number of benzene rings is 1. The topological polar surface area (TPSA) is 55.8 Å². The number of halogens is 1. The highest BCUT2D eigenvalue weighted by molar-refractivity contribution is 7.75. The van der Waals surface area contributed by atoms with Crippen molar-refractivity contribution >= 4 is 23.0 Å². The normalized spacial score (nSPS) is 12.4. The molecule has 1 aromatic carbocycles. The van der Waals surface area contributed by atoms with E-state index in [-0.39, 0.29) is 23.1 Å². The van der Waals surface area contributed by atoms with E-state index in [0.29, 0.717) is 0 Å². The Kier molecular flexibility index (Phi) is 4.19. The van der Waals surface area contributed by atoms with Crippen molar-refractivity contribution in [2.24, 2.45) is 0 Å². The molecule has 1 rings (SSSR count). The Balaban J connectivity index is 2.80. The summed E-state index contributed by atoms with van der Waals surface area (Å²) in [7, 11) is 0. The largest absolute Gasteiger partial charge is 0.504 e. The summed E-state index contributed by atoms with van der Waals surface area (Å²) in [5.74, 6) is -0.216. The van der Waals surface area contributed by atoms with E-state index in [9.17, 15) is 9.32 Å². The molecule has 1 N–H and O–H groups in total. The SMILES string of the molecule is CCOS(=O)Oc1c(O)cccc1Cl. The van der Waals surface area contributed by atoms with Crippen molar-refractivity contribution in [3.05, 3.63) is 23.2 Å². The summed E-state index contributed by atoms with van der Waals surface area (Å²) in [6.07, 6.45) is 0. The zero-order valence-corrected chi connectivity index (χ0v) is 8.97. The first-order valence-electron chi connectivity index (χ1n) is 3.86. The van der Waals surface area contributed by atoms with Crippen molar-refractivity contribution in [1.82, 2.24) is 0 Å². The highest BCUT2D eigenvalue weighted by Gasteiger charge is 2.11. The Bertz CT molecular complexity index is 322. The van der Waals surface area contributed by atoms with Crippen LogP contribution >= 0.6 is 11.6 Å². The molecule has 6 heteroatoms. The summed E-state index contributed by atoms with van der Waals surface area (Å²) in [6, 6.07) is 4.44. The van der Waals surface area contributed by atoms with Gasteiger partial charge in [0.1, 0.15) is 0 Å². The molecule has 14 heavy (non-hydrogen) atoms. The van der Waals surface area contributed by atoms with E-state index in [1.807, 2.05) is 0 Å². The second kappa shape index (κ2) is 5.19. The first-order chi connectivity index (χ1) is 6.65. The number of rotatable bonds is 4. The van der Waals surface area contributed by atoms with Gasteiger partial charge in [0.2, 0.25) is 5.75 Å². The predicted molar refractivity (Wildman–Crippen MR) is 53.5 cm³/mol. The fraction of sp³-hybridized carbons (Fsp3) is 0.250. The van der Waals surface area contributed by atoms with Gasteiger partial charge in [0.15, 0.2) is 5.75 Å². The molecule has 4 nitrogen and oxygen atoms in total. The van der Waals surface area contributed by atoms with Crippen LogP contribution in [0.5, 0.6) is 11.5 Å². The minimum absolute atomic E-state index is 0.0408. The molecule has 1 atom stereocenters. The Morgan fingerprint density at radius 3 is 2.86 bits per heavy atom.